The largest absolute Gasteiger partial charge is 0.419 e. The first kappa shape index (κ1) is 15.0. The fraction of sp³-hybridized carbons (Fsp3) is 0.176. The van der Waals surface area contributed by atoms with Gasteiger partial charge in [-0.25, -0.2) is 9.18 Å². The number of carbonyl (C=O) groups excluding carboxylic acids is 1. The molecule has 0 atom stereocenters. The summed E-state index contributed by atoms with van der Waals surface area (Å²) in [6.45, 7) is 2.55. The monoisotopic (exact) mass is 314 g/mol. The number of hydrogen-bond donors (Lipinski definition) is 1. The van der Waals surface area contributed by atoms with Crippen LogP contribution in [0.15, 0.2) is 51.7 Å². The Labute approximate surface area is 131 Å². The zero-order valence-electron chi connectivity index (χ0n) is 12.5. The van der Waals surface area contributed by atoms with Crippen molar-refractivity contribution in [3.63, 3.8) is 0 Å². The maximum atomic E-state index is 12.9. The van der Waals surface area contributed by atoms with Crippen molar-refractivity contribution in [2.75, 3.05) is 5.32 Å². The van der Waals surface area contributed by atoms with Gasteiger partial charge in [0.2, 0.25) is 0 Å². The number of fused-ring (bicyclic) bond motifs is 1. The summed E-state index contributed by atoms with van der Waals surface area (Å²) >= 11 is 0. The van der Waals surface area contributed by atoms with E-state index in [9.17, 15) is 14.0 Å². The second kappa shape index (κ2) is 6.08. The molecule has 0 spiro atoms. The van der Waals surface area contributed by atoms with E-state index in [0.29, 0.717) is 28.9 Å². The molecule has 1 amide bonds. The third-order valence-electron chi connectivity index (χ3n) is 3.48. The van der Waals surface area contributed by atoms with Gasteiger partial charge in [-0.05, 0) is 42.8 Å². The second-order valence-corrected chi connectivity index (χ2v) is 5.16. The fourth-order valence-corrected chi connectivity index (χ4v) is 2.38. The lowest BCUT2D eigenvalue weighted by molar-refractivity contribution is 0.102. The number of hydrogen-bond acceptors (Lipinski definition) is 3. The average molecular weight is 314 g/mol. The molecule has 5 nitrogen and oxygen atoms in total. The van der Waals surface area contributed by atoms with Gasteiger partial charge in [-0.15, -0.1) is 0 Å². The second-order valence-electron chi connectivity index (χ2n) is 5.16. The molecule has 0 aliphatic heterocycles. The van der Waals surface area contributed by atoms with Gasteiger partial charge in [0.15, 0.2) is 5.58 Å². The zero-order valence-corrected chi connectivity index (χ0v) is 12.5. The van der Waals surface area contributed by atoms with Crippen LogP contribution in [0.4, 0.5) is 10.1 Å². The lowest BCUT2D eigenvalue weighted by Gasteiger charge is -2.05. The molecule has 0 aliphatic carbocycles. The molecule has 3 aromatic rings. The van der Waals surface area contributed by atoms with E-state index in [1.165, 1.54) is 24.3 Å². The highest BCUT2D eigenvalue weighted by Crippen LogP contribution is 2.19. The molecule has 2 aromatic carbocycles. The van der Waals surface area contributed by atoms with Gasteiger partial charge in [-0.3, -0.25) is 9.36 Å². The van der Waals surface area contributed by atoms with Gasteiger partial charge in [0.25, 0.3) is 5.91 Å². The van der Waals surface area contributed by atoms with Crippen molar-refractivity contribution in [3.8, 4) is 0 Å². The summed E-state index contributed by atoms with van der Waals surface area (Å²) in [6.07, 6.45) is 0.817. The molecule has 0 bridgehead atoms. The van der Waals surface area contributed by atoms with Crippen LogP contribution in [-0.2, 0) is 6.54 Å². The number of anilines is 1. The summed E-state index contributed by atoms with van der Waals surface area (Å²) in [5.74, 6) is -1.18. The van der Waals surface area contributed by atoms with E-state index in [1.807, 2.05) is 6.92 Å². The minimum Gasteiger partial charge on any atom is -0.408 e. The van der Waals surface area contributed by atoms with Crippen molar-refractivity contribution in [2.45, 2.75) is 19.9 Å². The minimum atomic E-state index is -0.413. The molecule has 1 heterocycles. The number of carbonyl (C=O) groups is 1. The zero-order chi connectivity index (χ0) is 16.4. The van der Waals surface area contributed by atoms with Gasteiger partial charge in [-0.2, -0.15) is 0 Å². The Bertz CT molecular complexity index is 910. The molecule has 0 saturated carbocycles. The summed E-state index contributed by atoms with van der Waals surface area (Å²) in [5, 5.41) is 2.70. The van der Waals surface area contributed by atoms with E-state index in [2.05, 4.69) is 5.32 Å². The van der Waals surface area contributed by atoms with Crippen LogP contribution in [0, 0.1) is 5.82 Å². The van der Waals surface area contributed by atoms with Gasteiger partial charge >= 0.3 is 5.76 Å². The van der Waals surface area contributed by atoms with Crippen LogP contribution in [0.3, 0.4) is 0 Å². The molecule has 23 heavy (non-hydrogen) atoms. The lowest BCUT2D eigenvalue weighted by atomic mass is 10.2. The first-order chi connectivity index (χ1) is 11.1. The number of rotatable bonds is 4. The Morgan fingerprint density at radius 3 is 2.65 bits per heavy atom. The average Bonchev–Trinajstić information content (AvgIpc) is 2.83. The number of amides is 1. The normalized spacial score (nSPS) is 10.9. The highest BCUT2D eigenvalue weighted by molar-refractivity contribution is 6.04. The van der Waals surface area contributed by atoms with Crippen LogP contribution in [0.5, 0.6) is 0 Å². The van der Waals surface area contributed by atoms with E-state index >= 15 is 0 Å². The predicted molar refractivity (Wildman–Crippen MR) is 85.1 cm³/mol. The van der Waals surface area contributed by atoms with E-state index in [1.54, 1.807) is 22.8 Å². The van der Waals surface area contributed by atoms with Crippen LogP contribution >= 0.6 is 0 Å². The number of oxazole rings is 1. The van der Waals surface area contributed by atoms with Crippen LogP contribution < -0.4 is 11.1 Å². The number of aromatic nitrogens is 1. The molecular weight excluding hydrogens is 299 g/mol. The lowest BCUT2D eigenvalue weighted by Crippen LogP contribution is -2.13. The highest BCUT2D eigenvalue weighted by atomic mass is 19.1. The third-order valence-corrected chi connectivity index (χ3v) is 3.48. The van der Waals surface area contributed by atoms with Gasteiger partial charge in [0, 0.05) is 23.9 Å². The third kappa shape index (κ3) is 3.01. The van der Waals surface area contributed by atoms with Crippen molar-refractivity contribution in [2.24, 2.45) is 0 Å². The molecular formula is C17H15FN2O3. The molecule has 0 aliphatic rings. The maximum Gasteiger partial charge on any atom is 0.419 e. The van der Waals surface area contributed by atoms with E-state index in [4.69, 9.17) is 4.42 Å². The quantitative estimate of drug-likeness (QED) is 0.803. The summed E-state index contributed by atoms with van der Waals surface area (Å²) in [6, 6.07) is 10.3. The number of nitrogens with one attached hydrogen (secondary N) is 1. The van der Waals surface area contributed by atoms with Crippen molar-refractivity contribution < 1.29 is 13.6 Å². The van der Waals surface area contributed by atoms with Crippen molar-refractivity contribution in [1.29, 1.82) is 0 Å². The van der Waals surface area contributed by atoms with Crippen LogP contribution in [-0.4, -0.2) is 10.5 Å². The molecule has 118 valence electrons. The number of halogens is 1. The van der Waals surface area contributed by atoms with Crippen molar-refractivity contribution in [1.82, 2.24) is 4.57 Å². The van der Waals surface area contributed by atoms with E-state index in [-0.39, 0.29) is 5.91 Å². The van der Waals surface area contributed by atoms with Crippen LogP contribution in [0.1, 0.15) is 23.7 Å². The summed E-state index contributed by atoms with van der Waals surface area (Å²) in [7, 11) is 0. The van der Waals surface area contributed by atoms with E-state index in [0.717, 1.165) is 6.42 Å². The number of benzene rings is 2. The van der Waals surface area contributed by atoms with Gasteiger partial charge in [0.05, 0.1) is 5.52 Å². The Morgan fingerprint density at radius 1 is 1.22 bits per heavy atom. The minimum absolute atomic E-state index is 0.344. The Balaban J connectivity index is 1.87. The van der Waals surface area contributed by atoms with Gasteiger partial charge in [0.1, 0.15) is 5.82 Å². The van der Waals surface area contributed by atoms with Gasteiger partial charge < -0.3 is 9.73 Å². The predicted octanol–water partition coefficient (Wildman–Crippen LogP) is 3.40. The first-order valence-corrected chi connectivity index (χ1v) is 7.29. The molecule has 6 heteroatoms. The molecule has 1 N–H and O–H groups in total. The van der Waals surface area contributed by atoms with Crippen LogP contribution in [0.2, 0.25) is 0 Å². The Kier molecular flexibility index (Phi) is 3.97. The van der Waals surface area contributed by atoms with Crippen molar-refractivity contribution >= 4 is 22.7 Å². The molecule has 0 fully saturated rings. The highest BCUT2D eigenvalue weighted by Gasteiger charge is 2.11. The Morgan fingerprint density at radius 2 is 1.96 bits per heavy atom. The summed E-state index contributed by atoms with van der Waals surface area (Å²) in [5.41, 5.74) is 1.96. The van der Waals surface area contributed by atoms with Gasteiger partial charge in [-0.1, -0.05) is 6.92 Å². The number of nitrogens with zero attached hydrogens (tertiary/aromatic N) is 1. The summed E-state index contributed by atoms with van der Waals surface area (Å²) in [4.78, 5) is 23.9. The molecule has 0 unspecified atom stereocenters. The number of aryl methyl sites for hydroxylation is 1. The molecule has 1 aromatic heterocycles. The summed E-state index contributed by atoms with van der Waals surface area (Å²) < 4.78 is 19.6. The van der Waals surface area contributed by atoms with Crippen LogP contribution in [0.25, 0.3) is 11.1 Å². The maximum absolute atomic E-state index is 12.9. The SMILES string of the molecule is CCCn1c(=O)oc2cc(NC(=O)c3ccc(F)cc3)ccc21. The molecule has 3 rings (SSSR count). The molecule has 0 radical (unpaired) electrons. The molecule has 0 saturated heterocycles. The topological polar surface area (TPSA) is 64.2 Å². The Hall–Kier alpha value is -2.89. The fourth-order valence-electron chi connectivity index (χ4n) is 2.38. The standard InChI is InChI=1S/C17H15FN2O3/c1-2-9-20-14-8-7-13(10-15(14)23-17(20)22)19-16(21)11-3-5-12(18)6-4-11/h3-8,10H,2,9H2,1H3,(H,19,21). The van der Waals surface area contributed by atoms with E-state index < -0.39 is 11.6 Å². The smallest absolute Gasteiger partial charge is 0.408 e. The van der Waals surface area contributed by atoms with Crippen molar-refractivity contribution in [3.05, 3.63) is 64.4 Å². The first-order valence-electron chi connectivity index (χ1n) is 7.29.